The molecular weight excluding hydrogens is 623 g/mol. The summed E-state index contributed by atoms with van der Waals surface area (Å²) in [4.78, 5) is 14.2. The van der Waals surface area contributed by atoms with Crippen LogP contribution in [0.15, 0.2) is 0 Å². The Morgan fingerprint density at radius 3 is 1.15 bits per heavy atom. The average Bonchev–Trinajstić information content (AvgIpc) is 3.11. The Morgan fingerprint density at radius 2 is 0.809 bits per heavy atom. The van der Waals surface area contributed by atoms with Gasteiger partial charge >= 0.3 is 0 Å². The minimum absolute atomic E-state index is 0.450. The van der Waals surface area contributed by atoms with Crippen LogP contribution in [-0.2, 0) is 14.3 Å². The quantitative estimate of drug-likeness (QED) is 0.106. The molecule has 0 atom stereocenters. The Labute approximate surface area is 300 Å². The van der Waals surface area contributed by atoms with Crippen LogP contribution in [0.5, 0.6) is 0 Å². The van der Waals surface area contributed by atoms with Crippen molar-refractivity contribution in [2.45, 2.75) is 210 Å². The third-order valence-electron chi connectivity index (χ3n) is 14.3. The van der Waals surface area contributed by atoms with Gasteiger partial charge in [0, 0.05) is 13.2 Å². The predicted molar refractivity (Wildman–Crippen MR) is 198 cm³/mol. The molecule has 0 amide bonds. The fraction of sp³-hybridized carbons (Fsp3) is 0.976. The first-order chi connectivity index (χ1) is 22.9. The zero-order valence-corrected chi connectivity index (χ0v) is 32.2. The van der Waals surface area contributed by atoms with Gasteiger partial charge in [-0.25, -0.2) is 0 Å². The molecular formula is C42H72Cl2O3. The van der Waals surface area contributed by atoms with E-state index in [1.807, 2.05) is 0 Å². The van der Waals surface area contributed by atoms with Gasteiger partial charge in [0.25, 0.3) is 0 Å². The van der Waals surface area contributed by atoms with Gasteiger partial charge in [-0.2, -0.15) is 0 Å². The average molecular weight is 696 g/mol. The highest BCUT2D eigenvalue weighted by Crippen LogP contribution is 2.75. The molecule has 0 aliphatic heterocycles. The first kappa shape index (κ1) is 38.4. The number of ether oxygens (including phenoxy) is 2. The monoisotopic (exact) mass is 694 g/mol. The number of hydrogen-bond donors (Lipinski definition) is 0. The van der Waals surface area contributed by atoms with Crippen molar-refractivity contribution >= 4 is 29.0 Å². The highest BCUT2D eigenvalue weighted by Gasteiger charge is 2.79. The van der Waals surface area contributed by atoms with Crippen LogP contribution in [0.1, 0.15) is 194 Å². The normalized spacial score (nSPS) is 37.3. The first-order valence-electron chi connectivity index (χ1n) is 21.0. The number of hydrogen-bond acceptors (Lipinski definition) is 3. The Bertz CT molecular complexity index is 833. The van der Waals surface area contributed by atoms with Gasteiger partial charge in [-0.15, -0.1) is 0 Å². The second-order valence-electron chi connectivity index (χ2n) is 17.1. The van der Waals surface area contributed by atoms with E-state index in [1.54, 1.807) is 0 Å². The van der Waals surface area contributed by atoms with E-state index in [9.17, 15) is 4.79 Å². The van der Waals surface area contributed by atoms with Crippen molar-refractivity contribution < 1.29 is 14.3 Å². The van der Waals surface area contributed by atoms with Crippen molar-refractivity contribution in [2.24, 2.45) is 34.5 Å². The summed E-state index contributed by atoms with van der Waals surface area (Å²) in [5.41, 5.74) is -0.968. The van der Waals surface area contributed by atoms with Gasteiger partial charge in [-0.3, -0.25) is 4.79 Å². The molecule has 0 radical (unpaired) electrons. The predicted octanol–water partition coefficient (Wildman–Crippen LogP) is 13.0. The molecule has 0 N–H and O–H groups in total. The summed E-state index contributed by atoms with van der Waals surface area (Å²) in [7, 11) is 0. The van der Waals surface area contributed by atoms with Gasteiger partial charge < -0.3 is 9.47 Å². The number of alkyl halides is 2. The lowest BCUT2D eigenvalue weighted by Crippen LogP contribution is -2.74. The van der Waals surface area contributed by atoms with Crippen molar-refractivity contribution in [3.05, 3.63) is 0 Å². The van der Waals surface area contributed by atoms with E-state index in [0.29, 0.717) is 18.0 Å². The lowest BCUT2D eigenvalue weighted by Gasteiger charge is -2.67. The molecule has 0 bridgehead atoms. The minimum Gasteiger partial charge on any atom is -0.378 e. The lowest BCUT2D eigenvalue weighted by molar-refractivity contribution is -0.173. The Hall–Kier alpha value is 0.170. The molecule has 5 aliphatic rings. The summed E-state index contributed by atoms with van der Waals surface area (Å²) in [5, 5.41) is 0. The maximum absolute atomic E-state index is 14.2. The van der Waals surface area contributed by atoms with Crippen molar-refractivity contribution in [2.75, 3.05) is 13.2 Å². The molecule has 5 saturated carbocycles. The van der Waals surface area contributed by atoms with Crippen LogP contribution < -0.4 is 0 Å². The Kier molecular flexibility index (Phi) is 15.2. The number of carbonyl (C=O) groups is 1. The van der Waals surface area contributed by atoms with Gasteiger partial charge in [0.2, 0.25) is 0 Å². The lowest BCUT2D eigenvalue weighted by atomic mass is 9.41. The third kappa shape index (κ3) is 8.98. The van der Waals surface area contributed by atoms with Crippen LogP contribution in [0.4, 0.5) is 0 Å². The van der Waals surface area contributed by atoms with Crippen LogP contribution >= 0.6 is 23.2 Å². The van der Waals surface area contributed by atoms with Gasteiger partial charge in [0.05, 0.1) is 23.0 Å². The SMILES string of the molecule is CCCCCCCCOC1CCC(C2CC[C@]3(CC2)C(=O)[C@@]2(CC[C@@H](C4CCC(OCCCCCCCC)CC4)CC2)C3(Cl)Cl)CC1. The molecule has 0 aromatic heterocycles. The summed E-state index contributed by atoms with van der Waals surface area (Å²) in [6, 6.07) is 0. The standard InChI is InChI=1S/C42H72Cl2O3/c1-3-5-7-9-11-13-31-46-37-19-15-33(16-20-37)35-23-27-40(28-24-35)39(45)41(42(40,43)44)29-25-36(26-30-41)34-17-21-38(22-18-34)47-32-14-12-10-8-6-4-2/h33-38H,3-32H2,1-2H3/t33?,34?,35-,36?,37?,38?,40+,41-. The fourth-order valence-electron chi connectivity index (χ4n) is 11.1. The van der Waals surface area contributed by atoms with E-state index in [4.69, 9.17) is 32.7 Å². The third-order valence-corrected chi connectivity index (χ3v) is 15.8. The molecule has 272 valence electrons. The van der Waals surface area contributed by atoms with E-state index < -0.39 is 15.2 Å². The van der Waals surface area contributed by atoms with Gasteiger partial charge in [-0.05, 0) is 139 Å². The molecule has 47 heavy (non-hydrogen) atoms. The Balaban J connectivity index is 0.977. The molecule has 0 saturated heterocycles. The molecule has 0 unspecified atom stereocenters. The number of ketones is 1. The molecule has 0 heterocycles. The zero-order valence-electron chi connectivity index (χ0n) is 30.7. The second-order valence-corrected chi connectivity index (χ2v) is 18.4. The van der Waals surface area contributed by atoms with E-state index in [0.717, 1.165) is 88.3 Å². The summed E-state index contributed by atoms with van der Waals surface area (Å²) in [6.07, 6.45) is 35.0. The zero-order chi connectivity index (χ0) is 33.2. The van der Waals surface area contributed by atoms with Crippen molar-refractivity contribution in [3.8, 4) is 0 Å². The number of carbonyl (C=O) groups excluding carboxylic acids is 1. The molecule has 0 aromatic rings. The largest absolute Gasteiger partial charge is 0.378 e. The van der Waals surface area contributed by atoms with Crippen LogP contribution in [0.2, 0.25) is 0 Å². The fourth-order valence-corrected chi connectivity index (χ4v) is 12.2. The highest BCUT2D eigenvalue weighted by molar-refractivity contribution is 6.55. The summed E-state index contributed by atoms with van der Waals surface area (Å²) >= 11 is 14.8. The minimum atomic E-state index is -0.878. The molecule has 5 rings (SSSR count). The number of Topliss-reactive ketones (excluding diaryl/α,β-unsaturated/α-hetero) is 1. The highest BCUT2D eigenvalue weighted by atomic mass is 35.5. The summed E-state index contributed by atoms with van der Waals surface area (Å²) in [5.74, 6) is 3.49. The van der Waals surface area contributed by atoms with Crippen molar-refractivity contribution in [1.29, 1.82) is 0 Å². The topological polar surface area (TPSA) is 35.5 Å². The maximum atomic E-state index is 14.2. The van der Waals surface area contributed by atoms with Gasteiger partial charge in [-0.1, -0.05) is 101 Å². The number of unbranched alkanes of at least 4 members (excludes halogenated alkanes) is 10. The van der Waals surface area contributed by atoms with Crippen molar-refractivity contribution in [3.63, 3.8) is 0 Å². The molecule has 5 aliphatic carbocycles. The molecule has 3 nitrogen and oxygen atoms in total. The number of halogens is 2. The Morgan fingerprint density at radius 1 is 0.489 bits per heavy atom. The van der Waals surface area contributed by atoms with Crippen LogP contribution in [0.25, 0.3) is 0 Å². The van der Waals surface area contributed by atoms with Crippen molar-refractivity contribution in [1.82, 2.24) is 0 Å². The molecule has 5 heteroatoms. The van der Waals surface area contributed by atoms with E-state index in [2.05, 4.69) is 13.8 Å². The van der Waals surface area contributed by atoms with Crippen LogP contribution in [-0.4, -0.2) is 35.5 Å². The van der Waals surface area contributed by atoms with Gasteiger partial charge in [0.15, 0.2) is 5.78 Å². The molecule has 0 aromatic carbocycles. The first-order valence-corrected chi connectivity index (χ1v) is 21.8. The van der Waals surface area contributed by atoms with Crippen LogP contribution in [0, 0.1) is 34.5 Å². The molecule has 5 fully saturated rings. The summed E-state index contributed by atoms with van der Waals surface area (Å²) < 4.78 is 11.7. The van der Waals surface area contributed by atoms with E-state index >= 15 is 0 Å². The molecule has 2 spiro atoms. The van der Waals surface area contributed by atoms with E-state index in [-0.39, 0.29) is 0 Å². The number of rotatable bonds is 18. The van der Waals surface area contributed by atoms with Crippen LogP contribution in [0.3, 0.4) is 0 Å². The van der Waals surface area contributed by atoms with Gasteiger partial charge in [0.1, 0.15) is 4.33 Å². The smallest absolute Gasteiger partial charge is 0.151 e. The van der Waals surface area contributed by atoms with E-state index in [1.165, 1.54) is 128 Å². The summed E-state index contributed by atoms with van der Waals surface area (Å²) in [6.45, 7) is 6.45. The second kappa shape index (κ2) is 18.6. The maximum Gasteiger partial charge on any atom is 0.151 e.